The van der Waals surface area contributed by atoms with Crippen molar-refractivity contribution < 1.29 is 9.53 Å². The second kappa shape index (κ2) is 9.08. The van der Waals surface area contributed by atoms with Crippen LogP contribution in [0.5, 0.6) is 5.75 Å². The van der Waals surface area contributed by atoms with Crippen LogP contribution < -0.4 is 15.4 Å². The molecule has 0 saturated heterocycles. The number of rotatable bonds is 8. The van der Waals surface area contributed by atoms with Gasteiger partial charge in [-0.25, -0.2) is 0 Å². The molecule has 2 N–H and O–H groups in total. The van der Waals surface area contributed by atoms with Gasteiger partial charge in [0, 0.05) is 11.6 Å². The van der Waals surface area contributed by atoms with E-state index in [0.717, 1.165) is 13.0 Å². The molecule has 0 aliphatic rings. The number of nitrogens with one attached hydrogen (secondary N) is 2. The summed E-state index contributed by atoms with van der Waals surface area (Å²) in [6.45, 7) is 3.00. The minimum atomic E-state index is -0.374. The van der Waals surface area contributed by atoms with E-state index in [4.69, 9.17) is 16.3 Å². The lowest BCUT2D eigenvalue weighted by atomic mass is 10.2. The molecule has 1 aromatic heterocycles. The van der Waals surface area contributed by atoms with Crippen LogP contribution in [0.25, 0.3) is 0 Å². The van der Waals surface area contributed by atoms with Gasteiger partial charge in [0.1, 0.15) is 11.6 Å². The molecule has 0 aliphatic carbocycles. The highest BCUT2D eigenvalue weighted by Gasteiger charge is 2.12. The van der Waals surface area contributed by atoms with Crippen LogP contribution in [0.15, 0.2) is 30.3 Å². The Morgan fingerprint density at radius 2 is 2.04 bits per heavy atom. The number of carbonyl (C=O) groups excluding carboxylic acids is 1. The monoisotopic (exact) mass is 348 g/mol. The molecule has 0 unspecified atom stereocenters. The number of anilines is 2. The largest absolute Gasteiger partial charge is 0.495 e. The highest BCUT2D eigenvalue weighted by molar-refractivity contribution is 6.31. The Morgan fingerprint density at radius 1 is 1.21 bits per heavy atom. The summed E-state index contributed by atoms with van der Waals surface area (Å²) in [6.07, 6.45) is 3.41. The van der Waals surface area contributed by atoms with E-state index in [0.29, 0.717) is 22.3 Å². The standard InChI is InChI=1S/C17H21ClN4O2/c1-3-4-5-10-19-16-9-7-13(21-22-16)17(23)20-14-11-12(18)6-8-15(14)24-2/h6-9,11H,3-5,10H2,1-2H3,(H,19,22)(H,20,23). The molecule has 1 heterocycles. The molecule has 128 valence electrons. The molecule has 1 aromatic carbocycles. The summed E-state index contributed by atoms with van der Waals surface area (Å²) in [7, 11) is 1.53. The van der Waals surface area contributed by atoms with Gasteiger partial charge in [-0.15, -0.1) is 10.2 Å². The molecule has 0 fully saturated rings. The fraction of sp³-hybridized carbons (Fsp3) is 0.353. The summed E-state index contributed by atoms with van der Waals surface area (Å²) >= 11 is 5.95. The van der Waals surface area contributed by atoms with Gasteiger partial charge in [0.05, 0.1) is 12.8 Å². The van der Waals surface area contributed by atoms with Gasteiger partial charge < -0.3 is 15.4 Å². The minimum absolute atomic E-state index is 0.219. The number of hydrogen-bond donors (Lipinski definition) is 2. The van der Waals surface area contributed by atoms with Gasteiger partial charge in [0.2, 0.25) is 0 Å². The first-order valence-corrected chi connectivity index (χ1v) is 8.24. The fourth-order valence-electron chi connectivity index (χ4n) is 2.10. The predicted molar refractivity (Wildman–Crippen MR) is 96.0 cm³/mol. The number of ether oxygens (including phenoxy) is 1. The quantitative estimate of drug-likeness (QED) is 0.705. The van der Waals surface area contributed by atoms with E-state index >= 15 is 0 Å². The van der Waals surface area contributed by atoms with E-state index in [-0.39, 0.29) is 11.6 Å². The second-order valence-electron chi connectivity index (χ2n) is 5.24. The Bertz CT molecular complexity index is 677. The molecule has 6 nitrogen and oxygen atoms in total. The number of amides is 1. The first-order valence-electron chi connectivity index (χ1n) is 7.86. The van der Waals surface area contributed by atoms with Crippen LogP contribution in [-0.4, -0.2) is 29.8 Å². The second-order valence-corrected chi connectivity index (χ2v) is 5.67. The average molecular weight is 349 g/mol. The number of nitrogens with zero attached hydrogens (tertiary/aromatic N) is 2. The fourth-order valence-corrected chi connectivity index (χ4v) is 2.28. The van der Waals surface area contributed by atoms with Crippen molar-refractivity contribution in [2.75, 3.05) is 24.3 Å². The molecular formula is C17H21ClN4O2. The molecule has 0 radical (unpaired) electrons. The molecule has 0 saturated carbocycles. The van der Waals surface area contributed by atoms with E-state index in [1.165, 1.54) is 20.0 Å². The van der Waals surface area contributed by atoms with Crippen LogP contribution >= 0.6 is 11.6 Å². The maximum atomic E-state index is 12.3. The lowest BCUT2D eigenvalue weighted by Gasteiger charge is -2.10. The van der Waals surface area contributed by atoms with Crippen LogP contribution in [0, 0.1) is 0 Å². The average Bonchev–Trinajstić information content (AvgIpc) is 2.59. The Kier molecular flexibility index (Phi) is 6.81. The third kappa shape index (κ3) is 5.09. The summed E-state index contributed by atoms with van der Waals surface area (Å²) in [5.41, 5.74) is 0.703. The van der Waals surface area contributed by atoms with Crippen LogP contribution in [-0.2, 0) is 0 Å². The zero-order valence-electron chi connectivity index (χ0n) is 13.8. The van der Waals surface area contributed by atoms with Crippen LogP contribution in [0.1, 0.15) is 36.7 Å². The maximum absolute atomic E-state index is 12.3. The molecule has 7 heteroatoms. The lowest BCUT2D eigenvalue weighted by molar-refractivity contribution is 0.102. The smallest absolute Gasteiger partial charge is 0.276 e. The summed E-state index contributed by atoms with van der Waals surface area (Å²) in [5, 5.41) is 14.4. The van der Waals surface area contributed by atoms with E-state index in [1.807, 2.05) is 0 Å². The van der Waals surface area contributed by atoms with Gasteiger partial charge in [-0.3, -0.25) is 4.79 Å². The Morgan fingerprint density at radius 3 is 2.71 bits per heavy atom. The summed E-state index contributed by atoms with van der Waals surface area (Å²) in [4.78, 5) is 12.3. The van der Waals surface area contributed by atoms with Crippen molar-refractivity contribution in [2.45, 2.75) is 26.2 Å². The molecule has 0 atom stereocenters. The molecule has 0 aliphatic heterocycles. The van der Waals surface area contributed by atoms with Gasteiger partial charge in [-0.2, -0.15) is 0 Å². The summed E-state index contributed by atoms with van der Waals surface area (Å²) < 4.78 is 5.20. The predicted octanol–water partition coefficient (Wildman–Crippen LogP) is 3.99. The minimum Gasteiger partial charge on any atom is -0.495 e. The Hall–Kier alpha value is -2.34. The van der Waals surface area contributed by atoms with Gasteiger partial charge in [0.25, 0.3) is 5.91 Å². The molecular weight excluding hydrogens is 328 g/mol. The van der Waals surface area contributed by atoms with Gasteiger partial charge in [-0.05, 0) is 36.8 Å². The van der Waals surface area contributed by atoms with Crippen LogP contribution in [0.2, 0.25) is 5.02 Å². The van der Waals surface area contributed by atoms with Gasteiger partial charge in [-0.1, -0.05) is 31.4 Å². The third-order valence-corrected chi connectivity index (χ3v) is 3.63. The number of unbranched alkanes of at least 4 members (excludes halogenated alkanes) is 2. The van der Waals surface area contributed by atoms with E-state index in [9.17, 15) is 4.79 Å². The van der Waals surface area contributed by atoms with E-state index < -0.39 is 0 Å². The van der Waals surface area contributed by atoms with Crippen molar-refractivity contribution in [2.24, 2.45) is 0 Å². The topological polar surface area (TPSA) is 76.1 Å². The van der Waals surface area contributed by atoms with Crippen molar-refractivity contribution in [1.82, 2.24) is 10.2 Å². The lowest BCUT2D eigenvalue weighted by Crippen LogP contribution is -2.15. The number of aromatic nitrogens is 2. The molecule has 0 spiro atoms. The molecule has 0 bridgehead atoms. The number of methoxy groups -OCH3 is 1. The first-order chi connectivity index (χ1) is 11.6. The first kappa shape index (κ1) is 18.0. The molecule has 1 amide bonds. The van der Waals surface area contributed by atoms with Crippen molar-refractivity contribution in [1.29, 1.82) is 0 Å². The Labute approximate surface area is 146 Å². The number of halogens is 1. The number of carbonyl (C=O) groups is 1. The third-order valence-electron chi connectivity index (χ3n) is 3.39. The maximum Gasteiger partial charge on any atom is 0.276 e. The van der Waals surface area contributed by atoms with Gasteiger partial charge in [0.15, 0.2) is 5.69 Å². The number of benzene rings is 1. The zero-order valence-corrected chi connectivity index (χ0v) is 14.6. The zero-order chi connectivity index (χ0) is 17.4. The highest BCUT2D eigenvalue weighted by atomic mass is 35.5. The molecule has 2 aromatic rings. The summed E-state index contributed by atoms with van der Waals surface area (Å²) in [6, 6.07) is 8.36. The van der Waals surface area contributed by atoms with Crippen molar-refractivity contribution in [3.63, 3.8) is 0 Å². The normalized spacial score (nSPS) is 10.3. The molecule has 2 rings (SSSR count). The Balaban J connectivity index is 1.99. The molecule has 24 heavy (non-hydrogen) atoms. The van der Waals surface area contributed by atoms with Crippen molar-refractivity contribution in [3.8, 4) is 5.75 Å². The van der Waals surface area contributed by atoms with Crippen molar-refractivity contribution in [3.05, 3.63) is 41.0 Å². The number of hydrogen-bond acceptors (Lipinski definition) is 5. The summed E-state index contributed by atoms with van der Waals surface area (Å²) in [5.74, 6) is 0.804. The van der Waals surface area contributed by atoms with Crippen LogP contribution in [0.3, 0.4) is 0 Å². The highest BCUT2D eigenvalue weighted by Crippen LogP contribution is 2.27. The van der Waals surface area contributed by atoms with Crippen LogP contribution in [0.4, 0.5) is 11.5 Å². The van der Waals surface area contributed by atoms with E-state index in [1.54, 1.807) is 30.3 Å². The SMILES string of the molecule is CCCCCNc1ccc(C(=O)Nc2cc(Cl)ccc2OC)nn1. The van der Waals surface area contributed by atoms with Gasteiger partial charge >= 0.3 is 0 Å². The van der Waals surface area contributed by atoms with E-state index in [2.05, 4.69) is 27.8 Å². The van der Waals surface area contributed by atoms with Crippen molar-refractivity contribution >= 4 is 29.0 Å².